The smallest absolute Gasteiger partial charge is 0.269 e. The minimum absolute atomic E-state index is 0.0345. The van der Waals surface area contributed by atoms with Crippen LogP contribution < -0.4 is 0 Å². The highest BCUT2D eigenvalue weighted by Gasteiger charge is 2.05. The van der Waals surface area contributed by atoms with Crippen molar-refractivity contribution < 1.29 is 14.8 Å². The van der Waals surface area contributed by atoms with E-state index in [-0.39, 0.29) is 17.9 Å². The van der Waals surface area contributed by atoms with Crippen LogP contribution in [0.1, 0.15) is 12.0 Å². The van der Waals surface area contributed by atoms with E-state index < -0.39 is 11.5 Å². The van der Waals surface area contributed by atoms with Gasteiger partial charge in [0.25, 0.3) is 5.69 Å². The minimum Gasteiger partial charge on any atom is -0.389 e. The minimum atomic E-state index is -0.470. The Labute approximate surface area is 86.5 Å². The topological polar surface area (TPSA) is 80.4 Å². The molecule has 0 radical (unpaired) electrons. The molecule has 0 aliphatic rings. The molecular formula is C10H11NO4. The number of aliphatic hydroxyl groups is 1. The number of aryl methyl sites for hydroxylation is 1. The third-order valence-electron chi connectivity index (χ3n) is 2.02. The van der Waals surface area contributed by atoms with Crippen LogP contribution in [0.4, 0.5) is 5.69 Å². The molecule has 0 saturated heterocycles. The number of Topliss-reactive ketones (excluding diaryl/α,β-unsaturated/α-hetero) is 1. The zero-order valence-electron chi connectivity index (χ0n) is 8.05. The van der Waals surface area contributed by atoms with Crippen LogP contribution in [0.3, 0.4) is 0 Å². The van der Waals surface area contributed by atoms with Gasteiger partial charge in [-0.25, -0.2) is 0 Å². The molecule has 0 aliphatic carbocycles. The third kappa shape index (κ3) is 3.47. The maximum atomic E-state index is 10.8. The number of nitro benzene ring substituents is 1. The maximum Gasteiger partial charge on any atom is 0.269 e. The zero-order chi connectivity index (χ0) is 11.3. The van der Waals surface area contributed by atoms with Crippen LogP contribution >= 0.6 is 0 Å². The molecule has 80 valence electrons. The van der Waals surface area contributed by atoms with Crippen LogP contribution in [0.5, 0.6) is 0 Å². The van der Waals surface area contributed by atoms with Crippen LogP contribution in [0.25, 0.3) is 0 Å². The Kier molecular flexibility index (Phi) is 3.93. The lowest BCUT2D eigenvalue weighted by atomic mass is 10.1. The van der Waals surface area contributed by atoms with Crippen molar-refractivity contribution in [2.45, 2.75) is 12.8 Å². The van der Waals surface area contributed by atoms with Gasteiger partial charge in [0.15, 0.2) is 5.78 Å². The van der Waals surface area contributed by atoms with E-state index in [1.54, 1.807) is 12.1 Å². The standard InChI is InChI=1S/C10H11NO4/c12-7-10(13)6-3-8-1-4-9(5-2-8)11(14)15/h1-2,4-5,12H,3,6-7H2. The Hall–Kier alpha value is -1.75. The van der Waals surface area contributed by atoms with E-state index >= 15 is 0 Å². The van der Waals surface area contributed by atoms with Crippen LogP contribution in [-0.4, -0.2) is 22.4 Å². The average Bonchev–Trinajstić information content (AvgIpc) is 2.26. The second-order valence-electron chi connectivity index (χ2n) is 3.12. The Morgan fingerprint density at radius 2 is 1.93 bits per heavy atom. The fourth-order valence-electron chi connectivity index (χ4n) is 1.15. The number of hydrogen-bond acceptors (Lipinski definition) is 4. The SMILES string of the molecule is O=C(CO)CCc1ccc([N+](=O)[O-])cc1. The van der Waals surface area contributed by atoms with Gasteiger partial charge in [-0.3, -0.25) is 14.9 Å². The molecule has 5 nitrogen and oxygen atoms in total. The molecule has 1 rings (SSSR count). The molecular weight excluding hydrogens is 198 g/mol. The largest absolute Gasteiger partial charge is 0.389 e. The van der Waals surface area contributed by atoms with Gasteiger partial charge >= 0.3 is 0 Å². The first-order chi connectivity index (χ1) is 7.13. The summed E-state index contributed by atoms with van der Waals surface area (Å²) in [5.41, 5.74) is 0.884. The molecule has 1 aromatic rings. The lowest BCUT2D eigenvalue weighted by Crippen LogP contribution is -2.04. The molecule has 0 saturated carbocycles. The number of carbonyl (C=O) groups excluding carboxylic acids is 1. The third-order valence-corrected chi connectivity index (χ3v) is 2.02. The summed E-state index contributed by atoms with van der Waals surface area (Å²) in [7, 11) is 0. The predicted octanol–water partition coefficient (Wildman–Crippen LogP) is 1.09. The molecule has 1 N–H and O–H groups in total. The fourth-order valence-corrected chi connectivity index (χ4v) is 1.15. The van der Waals surface area contributed by atoms with Crippen molar-refractivity contribution in [2.24, 2.45) is 0 Å². The van der Waals surface area contributed by atoms with E-state index in [0.717, 1.165) is 5.56 Å². The van der Waals surface area contributed by atoms with Crippen molar-refractivity contribution in [3.63, 3.8) is 0 Å². The number of benzene rings is 1. The number of hydrogen-bond donors (Lipinski definition) is 1. The molecule has 0 bridgehead atoms. The van der Waals surface area contributed by atoms with Gasteiger partial charge in [-0.1, -0.05) is 12.1 Å². The summed E-state index contributed by atoms with van der Waals surface area (Å²) in [6.07, 6.45) is 0.756. The monoisotopic (exact) mass is 209 g/mol. The number of ketones is 1. The lowest BCUT2D eigenvalue weighted by Gasteiger charge is -1.99. The highest BCUT2D eigenvalue weighted by Crippen LogP contribution is 2.12. The van der Waals surface area contributed by atoms with E-state index in [4.69, 9.17) is 5.11 Å². The van der Waals surface area contributed by atoms with Gasteiger partial charge < -0.3 is 5.11 Å². The maximum absolute atomic E-state index is 10.8. The first kappa shape index (κ1) is 11.3. The zero-order valence-corrected chi connectivity index (χ0v) is 8.05. The molecule has 0 aromatic heterocycles. The van der Waals surface area contributed by atoms with Crippen molar-refractivity contribution in [3.8, 4) is 0 Å². The molecule has 5 heteroatoms. The van der Waals surface area contributed by atoms with E-state index in [9.17, 15) is 14.9 Å². The number of rotatable bonds is 5. The number of nitro groups is 1. The fraction of sp³-hybridized carbons (Fsp3) is 0.300. The summed E-state index contributed by atoms with van der Waals surface area (Å²) in [6, 6.07) is 6.03. The lowest BCUT2D eigenvalue weighted by molar-refractivity contribution is -0.384. The summed E-state index contributed by atoms with van der Waals surface area (Å²) in [6.45, 7) is -0.451. The summed E-state index contributed by atoms with van der Waals surface area (Å²) in [4.78, 5) is 20.7. The van der Waals surface area contributed by atoms with Gasteiger partial charge in [-0.05, 0) is 12.0 Å². The van der Waals surface area contributed by atoms with Gasteiger partial charge in [-0.15, -0.1) is 0 Å². The first-order valence-corrected chi connectivity index (χ1v) is 4.49. The summed E-state index contributed by atoms with van der Waals surface area (Å²) >= 11 is 0. The highest BCUT2D eigenvalue weighted by atomic mass is 16.6. The van der Waals surface area contributed by atoms with Crippen molar-refractivity contribution in [3.05, 3.63) is 39.9 Å². The van der Waals surface area contributed by atoms with Crippen molar-refractivity contribution in [1.29, 1.82) is 0 Å². The normalized spacial score (nSPS) is 9.93. The number of non-ortho nitro benzene ring substituents is 1. The summed E-state index contributed by atoms with van der Waals surface area (Å²) < 4.78 is 0. The van der Waals surface area contributed by atoms with Gasteiger partial charge in [0.2, 0.25) is 0 Å². The van der Waals surface area contributed by atoms with Crippen molar-refractivity contribution in [1.82, 2.24) is 0 Å². The molecule has 0 atom stereocenters. The Morgan fingerprint density at radius 3 is 2.40 bits per heavy atom. The predicted molar refractivity (Wildman–Crippen MR) is 53.5 cm³/mol. The van der Waals surface area contributed by atoms with E-state index in [0.29, 0.717) is 6.42 Å². The summed E-state index contributed by atoms with van der Waals surface area (Å²) in [5, 5.41) is 18.8. The molecule has 0 aliphatic heterocycles. The molecule has 1 aromatic carbocycles. The molecule has 0 spiro atoms. The molecule has 15 heavy (non-hydrogen) atoms. The van der Waals surface area contributed by atoms with E-state index in [1.807, 2.05) is 0 Å². The Balaban J connectivity index is 2.57. The van der Waals surface area contributed by atoms with Crippen LogP contribution in [0.2, 0.25) is 0 Å². The Bertz CT molecular complexity index is 358. The van der Waals surface area contributed by atoms with E-state index in [1.165, 1.54) is 12.1 Å². The number of nitrogens with zero attached hydrogens (tertiary/aromatic N) is 1. The second kappa shape index (κ2) is 5.21. The molecule has 0 amide bonds. The van der Waals surface area contributed by atoms with Crippen LogP contribution in [-0.2, 0) is 11.2 Å². The number of carbonyl (C=O) groups is 1. The van der Waals surface area contributed by atoms with Crippen molar-refractivity contribution >= 4 is 11.5 Å². The van der Waals surface area contributed by atoms with Gasteiger partial charge in [-0.2, -0.15) is 0 Å². The van der Waals surface area contributed by atoms with Gasteiger partial charge in [0, 0.05) is 18.6 Å². The quantitative estimate of drug-likeness (QED) is 0.581. The van der Waals surface area contributed by atoms with Crippen LogP contribution in [0.15, 0.2) is 24.3 Å². The Morgan fingerprint density at radius 1 is 1.33 bits per heavy atom. The second-order valence-corrected chi connectivity index (χ2v) is 3.12. The van der Waals surface area contributed by atoms with Gasteiger partial charge in [0.05, 0.1) is 4.92 Å². The molecule has 0 unspecified atom stereocenters. The van der Waals surface area contributed by atoms with Crippen LogP contribution in [0, 0.1) is 10.1 Å². The average molecular weight is 209 g/mol. The molecule has 0 fully saturated rings. The highest BCUT2D eigenvalue weighted by molar-refractivity contribution is 5.79. The van der Waals surface area contributed by atoms with Crippen molar-refractivity contribution in [2.75, 3.05) is 6.61 Å². The first-order valence-electron chi connectivity index (χ1n) is 4.49. The summed E-state index contributed by atoms with van der Waals surface area (Å²) in [5.74, 6) is -0.228. The van der Waals surface area contributed by atoms with E-state index in [2.05, 4.69) is 0 Å². The van der Waals surface area contributed by atoms with Gasteiger partial charge in [0.1, 0.15) is 6.61 Å². The number of aliphatic hydroxyl groups excluding tert-OH is 1. The molecule has 0 heterocycles.